The fourth-order valence-electron chi connectivity index (χ4n) is 7.07. The first-order chi connectivity index (χ1) is 27.4. The Morgan fingerprint density at radius 3 is 1.41 bits per heavy atom. The lowest BCUT2D eigenvalue weighted by Crippen LogP contribution is -1.97. The summed E-state index contributed by atoms with van der Waals surface area (Å²) in [5.74, 6) is 0.00941. The van der Waals surface area contributed by atoms with Gasteiger partial charge in [0, 0.05) is 43.8 Å². The number of nitrogens with zero attached hydrogens (tertiary/aromatic N) is 15. The van der Waals surface area contributed by atoms with E-state index in [2.05, 4.69) is 16.2 Å². The first-order valence-electron chi connectivity index (χ1n) is 16.1. The summed E-state index contributed by atoms with van der Waals surface area (Å²) in [4.78, 5) is 31.7. The van der Waals surface area contributed by atoms with Crippen molar-refractivity contribution in [3.05, 3.63) is 93.5 Å². The maximum Gasteiger partial charge on any atom is 0.192 e. The number of nitrogens with one attached hydrogen (secondary N) is 1. The fourth-order valence-corrected chi connectivity index (χ4v) is 7.07. The number of nitriles is 8. The van der Waals surface area contributed by atoms with Crippen LogP contribution in [0.2, 0.25) is 0 Å². The van der Waals surface area contributed by atoms with Crippen molar-refractivity contribution in [3.8, 4) is 94.2 Å². The van der Waals surface area contributed by atoms with Gasteiger partial charge in [-0.3, -0.25) is 0 Å². The van der Waals surface area contributed by atoms with Crippen LogP contribution in [0.4, 0.5) is 0 Å². The van der Waals surface area contributed by atoms with Gasteiger partial charge in [-0.25, -0.2) is 34.5 Å². The first-order valence-corrected chi connectivity index (χ1v) is 16.1. The lowest BCUT2D eigenvalue weighted by molar-refractivity contribution is 1.11. The zero-order chi connectivity index (χ0) is 38.8. The molecular formula is C40H10N16. The van der Waals surface area contributed by atoms with Gasteiger partial charge in [-0.2, -0.15) is 42.1 Å². The van der Waals surface area contributed by atoms with Crippen molar-refractivity contribution in [2.75, 3.05) is 0 Å². The Kier molecular flexibility index (Phi) is 6.80. The van der Waals surface area contributed by atoms with E-state index in [1.165, 1.54) is 10.6 Å². The van der Waals surface area contributed by atoms with E-state index in [0.717, 1.165) is 0 Å². The molecule has 0 spiro atoms. The Morgan fingerprint density at radius 1 is 0.446 bits per heavy atom. The highest BCUT2D eigenvalue weighted by atomic mass is 15.1. The molecule has 0 aliphatic carbocycles. The van der Waals surface area contributed by atoms with E-state index in [1.54, 1.807) is 48.5 Å². The molecule has 9 rings (SSSR count). The highest BCUT2D eigenvalue weighted by molar-refractivity contribution is 6.13. The Hall–Kier alpha value is -9.84. The maximum atomic E-state index is 10.6. The molecule has 3 aromatic heterocycles. The monoisotopic (exact) mass is 714 g/mol. The zero-order valence-corrected chi connectivity index (χ0v) is 27.9. The minimum Gasteiger partial charge on any atom is -0.324 e. The number of hydrogen-bond donors (Lipinski definition) is 1. The molecule has 7 aromatic rings. The number of aromatic amines is 1. The van der Waals surface area contributed by atoms with E-state index >= 15 is 0 Å². The molecule has 2 aliphatic rings. The number of aromatic nitrogens is 8. The average molecular weight is 715 g/mol. The maximum absolute atomic E-state index is 10.6. The lowest BCUT2D eigenvalue weighted by atomic mass is 9.92. The van der Waals surface area contributed by atoms with Gasteiger partial charge in [0.25, 0.3) is 0 Å². The van der Waals surface area contributed by atoms with Crippen molar-refractivity contribution in [1.29, 1.82) is 42.1 Å². The third-order valence-corrected chi connectivity index (χ3v) is 9.42. The van der Waals surface area contributed by atoms with Gasteiger partial charge in [-0.05, 0) is 6.07 Å². The van der Waals surface area contributed by atoms with Crippen LogP contribution in [0.25, 0.3) is 89.7 Å². The summed E-state index contributed by atoms with van der Waals surface area (Å²) in [6.45, 7) is 0. The third kappa shape index (κ3) is 4.19. The summed E-state index contributed by atoms with van der Waals surface area (Å²) >= 11 is 0. The molecule has 0 saturated carbocycles. The second-order valence-electron chi connectivity index (χ2n) is 12.1. The Labute approximate surface area is 312 Å². The van der Waals surface area contributed by atoms with Gasteiger partial charge in [0.15, 0.2) is 40.8 Å². The smallest absolute Gasteiger partial charge is 0.192 e. The Balaban J connectivity index is 1.63. The second-order valence-corrected chi connectivity index (χ2v) is 12.1. The molecule has 0 fully saturated rings. The third-order valence-electron chi connectivity index (χ3n) is 9.42. The van der Waals surface area contributed by atoms with E-state index in [1.807, 2.05) is 42.5 Å². The van der Waals surface area contributed by atoms with Crippen molar-refractivity contribution in [1.82, 2.24) is 39.5 Å². The second kappa shape index (κ2) is 11.9. The van der Waals surface area contributed by atoms with Crippen LogP contribution in [0.1, 0.15) is 38.9 Å². The van der Waals surface area contributed by atoms with Crippen LogP contribution in [0.3, 0.4) is 0 Å². The number of fused-ring (bicyclic) bond motifs is 20. The van der Waals surface area contributed by atoms with Gasteiger partial charge < -0.3 is 4.98 Å². The zero-order valence-electron chi connectivity index (χ0n) is 27.9. The highest BCUT2D eigenvalue weighted by Crippen LogP contribution is 2.42. The molecule has 16 heteroatoms. The van der Waals surface area contributed by atoms with Crippen LogP contribution in [0.15, 0.2) is 54.6 Å². The van der Waals surface area contributed by atoms with Crippen LogP contribution in [-0.4, -0.2) is 39.5 Å². The van der Waals surface area contributed by atoms with E-state index in [0.29, 0.717) is 21.9 Å². The topological polar surface area (TPSA) is 288 Å². The molecule has 0 atom stereocenters. The number of rotatable bonds is 0. The quantitative estimate of drug-likeness (QED) is 0.195. The predicted molar refractivity (Wildman–Crippen MR) is 194 cm³/mol. The molecule has 250 valence electrons. The van der Waals surface area contributed by atoms with Crippen LogP contribution in [0.5, 0.6) is 0 Å². The van der Waals surface area contributed by atoms with Gasteiger partial charge in [0.2, 0.25) is 0 Å². The molecule has 8 bridgehead atoms. The Morgan fingerprint density at radius 2 is 0.911 bits per heavy atom. The predicted octanol–water partition coefficient (Wildman–Crippen LogP) is 5.77. The molecule has 16 nitrogen and oxygen atoms in total. The van der Waals surface area contributed by atoms with Crippen molar-refractivity contribution >= 4 is 44.1 Å². The Bertz CT molecular complexity index is 3590. The summed E-state index contributed by atoms with van der Waals surface area (Å²) in [6.07, 6.45) is 2.15. The fraction of sp³-hybridized carbons (Fsp3) is 0. The van der Waals surface area contributed by atoms with Crippen molar-refractivity contribution in [2.24, 2.45) is 0 Å². The minimum atomic E-state index is -0.372. The SMILES string of the molecule is N#Cc1cc2c(c(C#N)c1C#N)-c1nc-2nc2c3ccccc3c(nc3nc(nc4[nH]c(n1)c1c(C#N)c(C#N)c(C#N)c(C#N)c41)-c1ccccc1-3)n2C#N. The van der Waals surface area contributed by atoms with Crippen LogP contribution in [0, 0.1) is 90.8 Å². The molecule has 5 heterocycles. The number of H-pyrrole nitrogens is 1. The van der Waals surface area contributed by atoms with Crippen molar-refractivity contribution < 1.29 is 0 Å². The first kappa shape index (κ1) is 32.1. The molecule has 0 amide bonds. The molecular weight excluding hydrogens is 705 g/mol. The van der Waals surface area contributed by atoms with Gasteiger partial charge in [-0.1, -0.05) is 48.5 Å². The largest absolute Gasteiger partial charge is 0.324 e. The number of hydrogen-bond acceptors (Lipinski definition) is 14. The van der Waals surface area contributed by atoms with Crippen molar-refractivity contribution in [3.63, 3.8) is 0 Å². The molecule has 0 unspecified atom stereocenters. The van der Waals surface area contributed by atoms with Crippen LogP contribution < -0.4 is 0 Å². The summed E-state index contributed by atoms with van der Waals surface area (Å²) in [5, 5.41) is 83.4. The normalized spacial score (nSPS) is 10.7. The molecule has 0 radical (unpaired) electrons. The van der Waals surface area contributed by atoms with Gasteiger partial charge >= 0.3 is 0 Å². The lowest BCUT2D eigenvalue weighted by Gasteiger charge is -2.06. The standard InChI is InChI=1S/C40H10N16/c41-10-18-9-23-30(27(14-45)24(18)11-42)36-51-35(23)55-40-22-8-4-3-7-21(22)39(56(40)17-48)54-34-20-6-2-1-5-19(20)33(49-34)50-37-31-28(15-46)25(12-43)26(13-44)29(16-47)32(31)38(52-36)53-37/h1-9H,(H,49,50,51,52,53,54,55). The molecule has 2 aliphatic heterocycles. The van der Waals surface area contributed by atoms with E-state index in [4.69, 9.17) is 24.9 Å². The van der Waals surface area contributed by atoms with Gasteiger partial charge in [0.1, 0.15) is 53.8 Å². The molecule has 4 aromatic carbocycles. The summed E-state index contributed by atoms with van der Waals surface area (Å²) in [5.41, 5.74) is -0.624. The van der Waals surface area contributed by atoms with E-state index in [9.17, 15) is 42.1 Å². The summed E-state index contributed by atoms with van der Waals surface area (Å²) < 4.78 is 1.20. The summed E-state index contributed by atoms with van der Waals surface area (Å²) in [6, 6.07) is 29.0. The van der Waals surface area contributed by atoms with E-state index in [-0.39, 0.29) is 107 Å². The van der Waals surface area contributed by atoms with Crippen LogP contribution in [-0.2, 0) is 0 Å². The summed E-state index contributed by atoms with van der Waals surface area (Å²) in [7, 11) is 0. The average Bonchev–Trinajstić information content (AvgIpc) is 3.96. The highest BCUT2D eigenvalue weighted by Gasteiger charge is 2.30. The van der Waals surface area contributed by atoms with Crippen molar-refractivity contribution in [2.45, 2.75) is 0 Å². The molecule has 0 saturated heterocycles. The van der Waals surface area contributed by atoms with Gasteiger partial charge in [0.05, 0.1) is 38.9 Å². The van der Waals surface area contributed by atoms with Gasteiger partial charge in [-0.15, -0.1) is 0 Å². The molecule has 1 N–H and O–H groups in total. The molecule has 56 heavy (non-hydrogen) atoms. The van der Waals surface area contributed by atoms with Crippen LogP contribution >= 0.6 is 0 Å². The minimum absolute atomic E-state index is 0.0118. The number of benzene rings is 4. The van der Waals surface area contributed by atoms with E-state index < -0.39 is 0 Å².